The van der Waals surface area contributed by atoms with Gasteiger partial charge in [0.1, 0.15) is 0 Å². The number of aromatic nitrogens is 2. The number of nitrogens with zero attached hydrogens (tertiary/aromatic N) is 2. The highest BCUT2D eigenvalue weighted by Crippen LogP contribution is 2.09. The van der Waals surface area contributed by atoms with Gasteiger partial charge in [0.05, 0.1) is 23.2 Å². The molecule has 0 saturated carbocycles. The molecule has 0 bridgehead atoms. The van der Waals surface area contributed by atoms with E-state index in [1.54, 1.807) is 0 Å². The predicted octanol–water partition coefficient (Wildman–Crippen LogP) is -0.153. The first kappa shape index (κ1) is 8.07. The smallest absolute Gasteiger partial charge is 0.0884 e. The number of hydrogen-bond donors (Lipinski definition) is 0. The fourth-order valence-corrected chi connectivity index (χ4v) is 0.778. The van der Waals surface area contributed by atoms with Gasteiger partial charge in [-0.15, -0.1) is 0 Å². The van der Waals surface area contributed by atoms with Crippen molar-refractivity contribution in [1.82, 2.24) is 9.78 Å². The predicted molar refractivity (Wildman–Crippen MR) is 37.0 cm³/mol. The van der Waals surface area contributed by atoms with Crippen LogP contribution in [0.15, 0.2) is 12.4 Å². The number of rotatable bonds is 2. The topological polar surface area (TPSA) is 57.9 Å². The SMILES string of the molecule is C[C@@H](C(=O)[O-])n1cc(Cl)cn1. The van der Waals surface area contributed by atoms with Crippen LogP contribution >= 0.6 is 11.6 Å². The van der Waals surface area contributed by atoms with Crippen LogP contribution in [-0.4, -0.2) is 15.7 Å². The molecule has 4 nitrogen and oxygen atoms in total. The van der Waals surface area contributed by atoms with Crippen molar-refractivity contribution in [3.8, 4) is 0 Å². The molecule has 0 unspecified atom stereocenters. The minimum Gasteiger partial charge on any atom is -0.548 e. The zero-order valence-electron chi connectivity index (χ0n) is 5.82. The van der Waals surface area contributed by atoms with E-state index in [-0.39, 0.29) is 0 Å². The largest absolute Gasteiger partial charge is 0.548 e. The Bertz CT molecular complexity index is 271. The molecule has 0 aliphatic rings. The molecule has 0 radical (unpaired) electrons. The molecule has 11 heavy (non-hydrogen) atoms. The maximum Gasteiger partial charge on any atom is 0.0884 e. The second kappa shape index (κ2) is 2.92. The van der Waals surface area contributed by atoms with Crippen molar-refractivity contribution in [2.75, 3.05) is 0 Å². The van der Waals surface area contributed by atoms with Crippen molar-refractivity contribution < 1.29 is 9.90 Å². The molecule has 0 fully saturated rings. The summed E-state index contributed by atoms with van der Waals surface area (Å²) >= 11 is 5.51. The molecule has 0 spiro atoms. The minimum atomic E-state index is -1.18. The summed E-state index contributed by atoms with van der Waals surface area (Å²) in [5, 5.41) is 14.4. The van der Waals surface area contributed by atoms with E-state index >= 15 is 0 Å². The van der Waals surface area contributed by atoms with Gasteiger partial charge in [-0.2, -0.15) is 5.10 Å². The molecule has 0 amide bonds. The van der Waals surface area contributed by atoms with Crippen LogP contribution in [0.1, 0.15) is 13.0 Å². The van der Waals surface area contributed by atoms with E-state index in [4.69, 9.17) is 11.6 Å². The summed E-state index contributed by atoms with van der Waals surface area (Å²) in [7, 11) is 0. The van der Waals surface area contributed by atoms with Gasteiger partial charge in [-0.05, 0) is 6.92 Å². The Kier molecular flexibility index (Phi) is 2.14. The number of carbonyl (C=O) groups excluding carboxylic acids is 1. The quantitative estimate of drug-likeness (QED) is 0.625. The third-order valence-electron chi connectivity index (χ3n) is 1.31. The van der Waals surface area contributed by atoms with Crippen molar-refractivity contribution in [2.45, 2.75) is 13.0 Å². The van der Waals surface area contributed by atoms with Crippen LogP contribution in [-0.2, 0) is 4.79 Å². The first-order chi connectivity index (χ1) is 5.11. The van der Waals surface area contributed by atoms with Crippen LogP contribution in [0.2, 0.25) is 5.02 Å². The highest BCUT2D eigenvalue weighted by atomic mass is 35.5. The van der Waals surface area contributed by atoms with Crippen molar-refractivity contribution in [1.29, 1.82) is 0 Å². The van der Waals surface area contributed by atoms with Crippen molar-refractivity contribution in [2.24, 2.45) is 0 Å². The Hall–Kier alpha value is -1.03. The van der Waals surface area contributed by atoms with Crippen molar-refractivity contribution in [3.05, 3.63) is 17.4 Å². The number of aliphatic carboxylic acids is 1. The first-order valence-corrected chi connectivity index (χ1v) is 3.39. The highest BCUT2D eigenvalue weighted by Gasteiger charge is 2.05. The van der Waals surface area contributed by atoms with E-state index in [1.165, 1.54) is 24.0 Å². The van der Waals surface area contributed by atoms with E-state index < -0.39 is 12.0 Å². The van der Waals surface area contributed by atoms with E-state index in [9.17, 15) is 9.90 Å². The molecule has 1 aromatic heterocycles. The molecule has 0 aliphatic carbocycles. The lowest BCUT2D eigenvalue weighted by atomic mass is 10.4. The Morgan fingerprint density at radius 2 is 2.55 bits per heavy atom. The van der Waals surface area contributed by atoms with Gasteiger partial charge in [-0.25, -0.2) is 0 Å². The van der Waals surface area contributed by atoms with Crippen molar-refractivity contribution >= 4 is 17.6 Å². The van der Waals surface area contributed by atoms with Gasteiger partial charge in [-0.3, -0.25) is 4.68 Å². The van der Waals surface area contributed by atoms with Gasteiger partial charge in [0.25, 0.3) is 0 Å². The highest BCUT2D eigenvalue weighted by molar-refractivity contribution is 6.30. The summed E-state index contributed by atoms with van der Waals surface area (Å²) in [5.41, 5.74) is 0. The average Bonchev–Trinajstić information content (AvgIpc) is 2.34. The Morgan fingerprint density at radius 3 is 2.91 bits per heavy atom. The molecule has 0 N–H and O–H groups in total. The molecule has 0 saturated heterocycles. The normalized spacial score (nSPS) is 12.9. The summed E-state index contributed by atoms with van der Waals surface area (Å²) < 4.78 is 1.23. The van der Waals surface area contributed by atoms with E-state index in [2.05, 4.69) is 5.10 Å². The minimum absolute atomic E-state index is 0.415. The average molecular weight is 174 g/mol. The summed E-state index contributed by atoms with van der Waals surface area (Å²) in [4.78, 5) is 10.3. The maximum atomic E-state index is 10.3. The summed E-state index contributed by atoms with van der Waals surface area (Å²) in [6, 6.07) is -0.775. The first-order valence-electron chi connectivity index (χ1n) is 3.02. The molecule has 5 heteroatoms. The van der Waals surface area contributed by atoms with Crippen LogP contribution in [0.25, 0.3) is 0 Å². The number of carbonyl (C=O) groups is 1. The fraction of sp³-hybridized carbons (Fsp3) is 0.333. The van der Waals surface area contributed by atoms with Gasteiger partial charge >= 0.3 is 0 Å². The van der Waals surface area contributed by atoms with Crippen LogP contribution in [0.3, 0.4) is 0 Å². The van der Waals surface area contributed by atoms with Crippen molar-refractivity contribution in [3.63, 3.8) is 0 Å². The van der Waals surface area contributed by atoms with Crippen LogP contribution in [0.5, 0.6) is 0 Å². The third-order valence-corrected chi connectivity index (χ3v) is 1.50. The molecule has 1 atom stereocenters. The molecular formula is C6H6ClN2O2-. The van der Waals surface area contributed by atoms with Gasteiger partial charge in [0, 0.05) is 6.20 Å². The maximum absolute atomic E-state index is 10.3. The van der Waals surface area contributed by atoms with Gasteiger partial charge in [0.15, 0.2) is 0 Å². The molecular weight excluding hydrogens is 168 g/mol. The van der Waals surface area contributed by atoms with Gasteiger partial charge in [0.2, 0.25) is 0 Å². The standard InChI is InChI=1S/C6H7ClN2O2/c1-4(6(10)11)9-3-5(7)2-8-9/h2-4H,1H3,(H,10,11)/p-1/t4-/m0/s1. The lowest BCUT2D eigenvalue weighted by Crippen LogP contribution is -2.31. The third kappa shape index (κ3) is 1.71. The lowest BCUT2D eigenvalue weighted by molar-refractivity contribution is -0.310. The van der Waals surface area contributed by atoms with Crippen LogP contribution < -0.4 is 5.11 Å². The van der Waals surface area contributed by atoms with Gasteiger partial charge in [-0.1, -0.05) is 11.6 Å². The molecule has 1 rings (SSSR count). The summed E-state index contributed by atoms with van der Waals surface area (Å²) in [5.74, 6) is -1.18. The number of carboxylic acid groups (broad SMARTS) is 1. The fourth-order valence-electron chi connectivity index (χ4n) is 0.635. The molecule has 0 aliphatic heterocycles. The lowest BCUT2D eigenvalue weighted by Gasteiger charge is -2.11. The molecule has 1 aromatic rings. The second-order valence-electron chi connectivity index (χ2n) is 2.13. The monoisotopic (exact) mass is 173 g/mol. The van der Waals surface area contributed by atoms with Gasteiger partial charge < -0.3 is 9.90 Å². The summed E-state index contributed by atoms with van der Waals surface area (Å²) in [6.45, 7) is 1.47. The number of halogens is 1. The van der Waals surface area contributed by atoms with E-state index in [0.717, 1.165) is 0 Å². The zero-order valence-corrected chi connectivity index (χ0v) is 6.58. The second-order valence-corrected chi connectivity index (χ2v) is 2.57. The van der Waals surface area contributed by atoms with E-state index in [0.29, 0.717) is 5.02 Å². The number of hydrogen-bond acceptors (Lipinski definition) is 3. The number of carboxylic acids is 1. The van der Waals surface area contributed by atoms with Crippen LogP contribution in [0.4, 0.5) is 0 Å². The zero-order chi connectivity index (χ0) is 8.43. The Balaban J connectivity index is 2.84. The molecule has 60 valence electrons. The Morgan fingerprint density at radius 1 is 1.91 bits per heavy atom. The molecule has 1 heterocycles. The molecule has 0 aromatic carbocycles. The summed E-state index contributed by atoms with van der Waals surface area (Å²) in [6.07, 6.45) is 2.81. The Labute approximate surface area is 68.4 Å². The van der Waals surface area contributed by atoms with E-state index in [1.807, 2.05) is 0 Å². The van der Waals surface area contributed by atoms with Crippen LogP contribution in [0, 0.1) is 0 Å².